The fourth-order valence-corrected chi connectivity index (χ4v) is 3.09. The molecule has 1 aromatic rings. The SMILES string of the molecule is CCNC(=NCc1ccc(Cl)cc1)NCCC(=O)N1CCCC(C)C1. The third-order valence-electron chi connectivity index (χ3n) is 4.32. The molecule has 0 saturated carbocycles. The maximum Gasteiger partial charge on any atom is 0.224 e. The molecule has 0 spiro atoms. The Bertz CT molecular complexity index is 573. The van der Waals surface area contributed by atoms with Gasteiger partial charge in [-0.25, -0.2) is 4.99 Å². The third-order valence-corrected chi connectivity index (χ3v) is 4.57. The van der Waals surface area contributed by atoms with Crippen LogP contribution in [0.5, 0.6) is 0 Å². The zero-order valence-electron chi connectivity index (χ0n) is 15.2. The van der Waals surface area contributed by atoms with Crippen LogP contribution in [0.25, 0.3) is 0 Å². The molecule has 1 aliphatic heterocycles. The number of guanidine groups is 1. The number of nitrogens with one attached hydrogen (secondary N) is 2. The average molecular weight is 365 g/mol. The van der Waals surface area contributed by atoms with Gasteiger partial charge in [-0.05, 0) is 43.4 Å². The van der Waals surface area contributed by atoms with Crippen LogP contribution < -0.4 is 10.6 Å². The molecular weight excluding hydrogens is 336 g/mol. The molecule has 2 rings (SSSR count). The summed E-state index contributed by atoms with van der Waals surface area (Å²) in [5, 5.41) is 7.19. The van der Waals surface area contributed by atoms with Crippen molar-refractivity contribution in [2.45, 2.75) is 39.7 Å². The molecule has 1 aromatic carbocycles. The summed E-state index contributed by atoms with van der Waals surface area (Å²) in [5.74, 6) is 1.58. The number of nitrogens with zero attached hydrogens (tertiary/aromatic N) is 2. The number of benzene rings is 1. The zero-order valence-corrected chi connectivity index (χ0v) is 16.0. The first kappa shape index (κ1) is 19.6. The van der Waals surface area contributed by atoms with E-state index in [9.17, 15) is 4.79 Å². The lowest BCUT2D eigenvalue weighted by Gasteiger charge is -2.31. The fourth-order valence-electron chi connectivity index (χ4n) is 2.96. The number of rotatable bonds is 6. The topological polar surface area (TPSA) is 56.7 Å². The van der Waals surface area contributed by atoms with Crippen molar-refractivity contribution in [2.75, 3.05) is 26.2 Å². The van der Waals surface area contributed by atoms with E-state index in [1.165, 1.54) is 6.42 Å². The van der Waals surface area contributed by atoms with E-state index in [0.29, 0.717) is 25.4 Å². The van der Waals surface area contributed by atoms with Crippen LogP contribution in [0.15, 0.2) is 29.3 Å². The molecule has 1 unspecified atom stereocenters. The smallest absolute Gasteiger partial charge is 0.224 e. The van der Waals surface area contributed by atoms with Crippen molar-refractivity contribution >= 4 is 23.5 Å². The quantitative estimate of drug-likeness (QED) is 0.602. The van der Waals surface area contributed by atoms with Gasteiger partial charge in [-0.15, -0.1) is 0 Å². The Morgan fingerprint density at radius 2 is 2.08 bits per heavy atom. The minimum Gasteiger partial charge on any atom is -0.357 e. The normalized spacial score (nSPS) is 18.1. The highest BCUT2D eigenvalue weighted by Gasteiger charge is 2.20. The number of likely N-dealkylation sites (tertiary alicyclic amines) is 1. The molecule has 25 heavy (non-hydrogen) atoms. The second-order valence-electron chi connectivity index (χ2n) is 6.59. The molecule has 5 nitrogen and oxygen atoms in total. The summed E-state index contributed by atoms with van der Waals surface area (Å²) in [6.45, 7) is 7.98. The predicted octanol–water partition coefficient (Wildman–Crippen LogP) is 3.04. The first-order valence-corrected chi connectivity index (χ1v) is 9.50. The number of amides is 1. The van der Waals surface area contributed by atoms with Crippen molar-refractivity contribution in [2.24, 2.45) is 10.9 Å². The van der Waals surface area contributed by atoms with Crippen molar-refractivity contribution in [3.05, 3.63) is 34.9 Å². The molecule has 1 aliphatic rings. The van der Waals surface area contributed by atoms with Crippen molar-refractivity contribution in [3.8, 4) is 0 Å². The summed E-state index contributed by atoms with van der Waals surface area (Å²) in [4.78, 5) is 18.9. The number of carbonyl (C=O) groups is 1. The van der Waals surface area contributed by atoms with Gasteiger partial charge in [0.25, 0.3) is 0 Å². The van der Waals surface area contributed by atoms with Crippen LogP contribution in [0.3, 0.4) is 0 Å². The standard InChI is InChI=1S/C19H29ClN4O/c1-3-21-19(23-13-16-6-8-17(20)9-7-16)22-11-10-18(25)24-12-4-5-15(2)14-24/h6-9,15H,3-5,10-14H2,1-2H3,(H2,21,22,23). The summed E-state index contributed by atoms with van der Waals surface area (Å²) in [6.07, 6.45) is 2.84. The van der Waals surface area contributed by atoms with Gasteiger partial charge in [-0.3, -0.25) is 4.79 Å². The fraction of sp³-hybridized carbons (Fsp3) is 0.579. The van der Waals surface area contributed by atoms with Gasteiger partial charge < -0.3 is 15.5 Å². The lowest BCUT2D eigenvalue weighted by molar-refractivity contribution is -0.132. The number of aliphatic imine (C=N–C) groups is 1. The summed E-state index contributed by atoms with van der Waals surface area (Å²) in [5.41, 5.74) is 1.10. The summed E-state index contributed by atoms with van der Waals surface area (Å²) in [7, 11) is 0. The van der Waals surface area contributed by atoms with Crippen LogP contribution >= 0.6 is 11.6 Å². The number of hydrogen-bond donors (Lipinski definition) is 2. The second-order valence-corrected chi connectivity index (χ2v) is 7.02. The lowest BCUT2D eigenvalue weighted by Crippen LogP contribution is -2.42. The Hall–Kier alpha value is -1.75. The van der Waals surface area contributed by atoms with Crippen LogP contribution in [-0.2, 0) is 11.3 Å². The van der Waals surface area contributed by atoms with Crippen LogP contribution in [-0.4, -0.2) is 42.9 Å². The van der Waals surface area contributed by atoms with Gasteiger partial charge in [-0.2, -0.15) is 0 Å². The summed E-state index contributed by atoms with van der Waals surface area (Å²) < 4.78 is 0. The Kier molecular flexibility index (Phi) is 8.06. The molecule has 0 aromatic heterocycles. The predicted molar refractivity (Wildman–Crippen MR) is 104 cm³/mol. The third kappa shape index (κ3) is 6.94. The molecule has 2 N–H and O–H groups in total. The Balaban J connectivity index is 1.79. The maximum atomic E-state index is 12.3. The van der Waals surface area contributed by atoms with Crippen molar-refractivity contribution < 1.29 is 4.79 Å². The molecule has 1 amide bonds. The van der Waals surface area contributed by atoms with Gasteiger partial charge in [-0.1, -0.05) is 30.7 Å². The van der Waals surface area contributed by atoms with E-state index in [0.717, 1.165) is 42.6 Å². The van der Waals surface area contributed by atoms with Crippen LogP contribution in [0.1, 0.15) is 38.7 Å². The molecule has 0 bridgehead atoms. The van der Waals surface area contributed by atoms with Crippen molar-refractivity contribution in [3.63, 3.8) is 0 Å². The van der Waals surface area contributed by atoms with Gasteiger partial charge in [0.2, 0.25) is 5.91 Å². The number of halogens is 1. The Labute approximate surface area is 155 Å². The highest BCUT2D eigenvalue weighted by molar-refractivity contribution is 6.30. The molecule has 1 saturated heterocycles. The van der Waals surface area contributed by atoms with Crippen LogP contribution in [0.4, 0.5) is 0 Å². The zero-order chi connectivity index (χ0) is 18.1. The second kappa shape index (κ2) is 10.3. The lowest BCUT2D eigenvalue weighted by atomic mass is 10.00. The highest BCUT2D eigenvalue weighted by atomic mass is 35.5. The van der Waals surface area contributed by atoms with Crippen molar-refractivity contribution in [1.82, 2.24) is 15.5 Å². The number of piperidine rings is 1. The van der Waals surface area contributed by atoms with Gasteiger partial charge in [0.05, 0.1) is 6.54 Å². The van der Waals surface area contributed by atoms with Gasteiger partial charge >= 0.3 is 0 Å². The van der Waals surface area contributed by atoms with Gasteiger partial charge in [0, 0.05) is 37.6 Å². The van der Waals surface area contributed by atoms with E-state index in [1.807, 2.05) is 36.1 Å². The van der Waals surface area contributed by atoms with Crippen LogP contribution in [0, 0.1) is 5.92 Å². The first-order valence-electron chi connectivity index (χ1n) is 9.13. The first-order chi connectivity index (χ1) is 12.1. The molecule has 138 valence electrons. The molecule has 6 heteroatoms. The molecular formula is C19H29ClN4O. The van der Waals surface area contributed by atoms with Crippen LogP contribution in [0.2, 0.25) is 5.02 Å². The van der Waals surface area contributed by atoms with E-state index in [2.05, 4.69) is 22.5 Å². The summed E-state index contributed by atoms with van der Waals surface area (Å²) >= 11 is 5.90. The van der Waals surface area contributed by atoms with E-state index in [4.69, 9.17) is 11.6 Å². The van der Waals surface area contributed by atoms with E-state index in [1.54, 1.807) is 0 Å². The molecule has 1 atom stereocenters. The average Bonchev–Trinajstić information content (AvgIpc) is 2.61. The minimum absolute atomic E-state index is 0.229. The molecule has 1 heterocycles. The Morgan fingerprint density at radius 1 is 1.32 bits per heavy atom. The van der Waals surface area contributed by atoms with Gasteiger partial charge in [0.15, 0.2) is 5.96 Å². The molecule has 0 aliphatic carbocycles. The van der Waals surface area contributed by atoms with Gasteiger partial charge in [0.1, 0.15) is 0 Å². The minimum atomic E-state index is 0.229. The number of hydrogen-bond acceptors (Lipinski definition) is 2. The largest absolute Gasteiger partial charge is 0.357 e. The van der Waals surface area contributed by atoms with Crippen molar-refractivity contribution in [1.29, 1.82) is 0 Å². The highest BCUT2D eigenvalue weighted by Crippen LogP contribution is 2.16. The Morgan fingerprint density at radius 3 is 2.76 bits per heavy atom. The molecule has 0 radical (unpaired) electrons. The maximum absolute atomic E-state index is 12.3. The van der Waals surface area contributed by atoms with E-state index in [-0.39, 0.29) is 5.91 Å². The monoisotopic (exact) mass is 364 g/mol. The summed E-state index contributed by atoms with van der Waals surface area (Å²) in [6, 6.07) is 7.67. The van der Waals surface area contributed by atoms with E-state index >= 15 is 0 Å². The van der Waals surface area contributed by atoms with E-state index < -0.39 is 0 Å². The molecule has 1 fully saturated rings. The number of carbonyl (C=O) groups excluding carboxylic acids is 1.